The Kier molecular flexibility index (Phi) is 10.1. The molecule has 1 fully saturated rings. The van der Waals surface area contributed by atoms with Crippen LogP contribution in [0.25, 0.3) is 0 Å². The monoisotopic (exact) mass is 432 g/mol. The van der Waals surface area contributed by atoms with Gasteiger partial charge in [0.15, 0.2) is 11.2 Å². The molecule has 0 spiro atoms. The topological polar surface area (TPSA) is 148 Å². The molecule has 0 aromatic rings. The minimum absolute atomic E-state index is 0.0226. The standard InChI is InChI=1S/C18H28N2O8S/c1-11(21)8-13(23)27-10-18(2,3)16-17(26)20-5-4-12(22)19-6-7-29-15(25)9-14(24)28-16/h11,16,21H,4-10H2,1-3H3,(H,19,22)(H,20,26)/t11-,16+/m1/s1. The number of esters is 2. The highest BCUT2D eigenvalue weighted by Gasteiger charge is 2.40. The second-order valence-electron chi connectivity index (χ2n) is 7.36. The average molecular weight is 432 g/mol. The van der Waals surface area contributed by atoms with E-state index in [4.69, 9.17) is 9.47 Å². The lowest BCUT2D eigenvalue weighted by Crippen LogP contribution is -2.49. The van der Waals surface area contributed by atoms with Crippen LogP contribution in [0.4, 0.5) is 0 Å². The van der Waals surface area contributed by atoms with Crippen LogP contribution in [0.1, 0.15) is 40.0 Å². The van der Waals surface area contributed by atoms with E-state index in [-0.39, 0.29) is 38.4 Å². The Morgan fingerprint density at radius 2 is 1.97 bits per heavy atom. The van der Waals surface area contributed by atoms with Crippen molar-refractivity contribution in [1.29, 1.82) is 0 Å². The number of hydrogen-bond acceptors (Lipinski definition) is 9. The van der Waals surface area contributed by atoms with Crippen molar-refractivity contribution in [3.63, 3.8) is 0 Å². The number of cyclic esters (lactones) is 1. The van der Waals surface area contributed by atoms with Crippen LogP contribution in [-0.2, 0) is 33.4 Å². The summed E-state index contributed by atoms with van der Waals surface area (Å²) in [6, 6.07) is 0. The third-order valence-electron chi connectivity index (χ3n) is 3.89. The summed E-state index contributed by atoms with van der Waals surface area (Å²) >= 11 is 0.890. The lowest BCUT2D eigenvalue weighted by atomic mass is 9.86. The smallest absolute Gasteiger partial charge is 0.315 e. The number of hydrogen-bond donors (Lipinski definition) is 3. The highest BCUT2D eigenvalue weighted by Crippen LogP contribution is 2.25. The maximum atomic E-state index is 12.6. The summed E-state index contributed by atoms with van der Waals surface area (Å²) < 4.78 is 10.4. The summed E-state index contributed by atoms with van der Waals surface area (Å²) in [4.78, 5) is 60.0. The molecule has 10 nitrogen and oxygen atoms in total. The first-order valence-corrected chi connectivity index (χ1v) is 10.2. The lowest BCUT2D eigenvalue weighted by Gasteiger charge is -2.32. The van der Waals surface area contributed by atoms with Gasteiger partial charge in [0.25, 0.3) is 5.91 Å². The average Bonchev–Trinajstić information content (AvgIpc) is 2.60. The van der Waals surface area contributed by atoms with Gasteiger partial charge in [-0.3, -0.25) is 24.0 Å². The maximum Gasteiger partial charge on any atom is 0.315 e. The predicted octanol–water partition coefficient (Wildman–Crippen LogP) is -0.475. The SMILES string of the molecule is C[C@@H](O)CC(=O)OCC(C)(C)[C@H]1OC(=O)CC(=O)SCCNC(=O)CCNC1=O. The van der Waals surface area contributed by atoms with E-state index in [1.807, 2.05) is 0 Å². The van der Waals surface area contributed by atoms with E-state index in [1.165, 1.54) is 6.92 Å². The molecule has 1 heterocycles. The zero-order chi connectivity index (χ0) is 22.0. The summed E-state index contributed by atoms with van der Waals surface area (Å²) in [7, 11) is 0. The van der Waals surface area contributed by atoms with Gasteiger partial charge in [0.05, 0.1) is 12.5 Å². The van der Waals surface area contributed by atoms with Crippen molar-refractivity contribution < 1.29 is 38.6 Å². The molecule has 0 aromatic heterocycles. The fourth-order valence-corrected chi connectivity index (χ4v) is 3.04. The molecule has 1 aliphatic heterocycles. The molecular formula is C18H28N2O8S. The highest BCUT2D eigenvalue weighted by atomic mass is 32.2. The summed E-state index contributed by atoms with van der Waals surface area (Å²) in [5, 5.41) is 13.9. The number of ether oxygens (including phenoxy) is 2. The van der Waals surface area contributed by atoms with E-state index >= 15 is 0 Å². The number of aliphatic hydroxyl groups is 1. The van der Waals surface area contributed by atoms with Crippen LogP contribution < -0.4 is 10.6 Å². The first kappa shape index (κ1) is 24.9. The largest absolute Gasteiger partial charge is 0.465 e. The van der Waals surface area contributed by atoms with Crippen molar-refractivity contribution in [2.45, 2.75) is 52.2 Å². The van der Waals surface area contributed by atoms with Crippen molar-refractivity contribution in [3.05, 3.63) is 0 Å². The van der Waals surface area contributed by atoms with Crippen LogP contribution in [0.3, 0.4) is 0 Å². The molecule has 0 aromatic carbocycles. The molecule has 11 heteroatoms. The molecule has 3 N–H and O–H groups in total. The van der Waals surface area contributed by atoms with E-state index < -0.39 is 47.0 Å². The maximum absolute atomic E-state index is 12.6. The normalized spacial score (nSPS) is 21.3. The Labute approximate surface area is 173 Å². The fraction of sp³-hybridized carbons (Fsp3) is 0.722. The van der Waals surface area contributed by atoms with Crippen LogP contribution in [0.5, 0.6) is 0 Å². The number of rotatable bonds is 5. The molecule has 2 amide bonds. The van der Waals surface area contributed by atoms with Gasteiger partial charge < -0.3 is 25.2 Å². The molecule has 0 bridgehead atoms. The van der Waals surface area contributed by atoms with E-state index in [0.29, 0.717) is 5.75 Å². The molecule has 1 rings (SSSR count). The van der Waals surface area contributed by atoms with Crippen LogP contribution in [0.15, 0.2) is 0 Å². The van der Waals surface area contributed by atoms with Gasteiger partial charge in [-0.1, -0.05) is 25.6 Å². The lowest BCUT2D eigenvalue weighted by molar-refractivity contribution is -0.169. The Morgan fingerprint density at radius 3 is 2.62 bits per heavy atom. The van der Waals surface area contributed by atoms with E-state index in [0.717, 1.165) is 11.8 Å². The van der Waals surface area contributed by atoms with Gasteiger partial charge in [-0.15, -0.1) is 0 Å². The van der Waals surface area contributed by atoms with Gasteiger partial charge in [-0.05, 0) is 6.92 Å². The number of aliphatic hydroxyl groups excluding tert-OH is 1. The zero-order valence-electron chi connectivity index (χ0n) is 16.8. The van der Waals surface area contributed by atoms with Crippen LogP contribution in [0.2, 0.25) is 0 Å². The number of carbonyl (C=O) groups excluding carboxylic acids is 5. The summed E-state index contributed by atoms with van der Waals surface area (Å²) in [5.41, 5.74) is -1.12. The van der Waals surface area contributed by atoms with Crippen LogP contribution >= 0.6 is 11.8 Å². The zero-order valence-corrected chi connectivity index (χ0v) is 17.6. The minimum atomic E-state index is -1.35. The molecule has 0 aliphatic carbocycles. The molecule has 0 saturated carbocycles. The Bertz CT molecular complexity index is 635. The number of carbonyl (C=O) groups is 5. The van der Waals surface area contributed by atoms with Gasteiger partial charge in [-0.25, -0.2) is 0 Å². The molecule has 29 heavy (non-hydrogen) atoms. The molecule has 2 atom stereocenters. The number of amides is 2. The Morgan fingerprint density at radius 1 is 1.28 bits per heavy atom. The Balaban J connectivity index is 2.89. The molecule has 1 aliphatic rings. The van der Waals surface area contributed by atoms with Crippen LogP contribution in [-0.4, -0.2) is 71.6 Å². The third kappa shape index (κ3) is 9.75. The van der Waals surface area contributed by atoms with Gasteiger partial charge in [0.2, 0.25) is 5.91 Å². The van der Waals surface area contributed by atoms with E-state index in [9.17, 15) is 29.1 Å². The van der Waals surface area contributed by atoms with E-state index in [1.54, 1.807) is 13.8 Å². The van der Waals surface area contributed by atoms with Gasteiger partial charge in [-0.2, -0.15) is 0 Å². The second kappa shape index (κ2) is 11.8. The summed E-state index contributed by atoms with van der Waals surface area (Å²) in [6.07, 6.45) is -2.95. The first-order chi connectivity index (χ1) is 13.5. The second-order valence-corrected chi connectivity index (χ2v) is 8.51. The molecule has 1 saturated heterocycles. The van der Waals surface area contributed by atoms with Gasteiger partial charge in [0, 0.05) is 30.7 Å². The van der Waals surface area contributed by atoms with Crippen molar-refractivity contribution in [1.82, 2.24) is 10.6 Å². The van der Waals surface area contributed by atoms with Crippen LogP contribution in [0, 0.1) is 5.41 Å². The number of thioether (sulfide) groups is 1. The van der Waals surface area contributed by atoms with Gasteiger partial charge >= 0.3 is 11.9 Å². The third-order valence-corrected chi connectivity index (χ3v) is 4.77. The fourth-order valence-electron chi connectivity index (χ4n) is 2.39. The molecule has 0 radical (unpaired) electrons. The molecule has 164 valence electrons. The van der Waals surface area contributed by atoms with Gasteiger partial charge in [0.1, 0.15) is 13.0 Å². The molecular weight excluding hydrogens is 404 g/mol. The quantitative estimate of drug-likeness (QED) is 0.387. The number of nitrogens with one attached hydrogen (secondary N) is 2. The molecule has 0 unspecified atom stereocenters. The summed E-state index contributed by atoms with van der Waals surface area (Å²) in [5.74, 6) is -2.16. The van der Waals surface area contributed by atoms with Crippen molar-refractivity contribution >= 4 is 40.6 Å². The Hall–Kier alpha value is -2.14. The van der Waals surface area contributed by atoms with E-state index in [2.05, 4.69) is 10.6 Å². The van der Waals surface area contributed by atoms with Crippen molar-refractivity contribution in [2.75, 3.05) is 25.4 Å². The summed E-state index contributed by atoms with van der Waals surface area (Å²) in [6.45, 7) is 4.60. The van der Waals surface area contributed by atoms with Crippen molar-refractivity contribution in [2.24, 2.45) is 5.41 Å². The van der Waals surface area contributed by atoms with Crippen molar-refractivity contribution in [3.8, 4) is 0 Å². The first-order valence-electron chi connectivity index (χ1n) is 9.24. The highest BCUT2D eigenvalue weighted by molar-refractivity contribution is 8.13. The predicted molar refractivity (Wildman–Crippen MR) is 104 cm³/mol. The minimum Gasteiger partial charge on any atom is -0.465 e.